The monoisotopic (exact) mass is 1210 g/mol. The lowest BCUT2D eigenvalue weighted by Crippen LogP contribution is -2.19. The summed E-state index contributed by atoms with van der Waals surface area (Å²) in [6.45, 7) is 3.49. The molecule has 3 aliphatic heterocycles. The van der Waals surface area contributed by atoms with E-state index in [1.165, 1.54) is 144 Å². The van der Waals surface area contributed by atoms with Crippen LogP contribution in [0, 0.1) is 43.2 Å². The van der Waals surface area contributed by atoms with Crippen molar-refractivity contribution in [3.63, 3.8) is 0 Å². The molecule has 89 heavy (non-hydrogen) atoms. The van der Waals surface area contributed by atoms with Gasteiger partial charge in [-0.3, -0.25) is 29.4 Å². The SMILES string of the molecule is CN(C)c1cc2c(cc1NC(=O)c1ccccc1)N=C(C1CCCCC1)C2.Cc1ccc(C(=O)Nc2cc3c(cc2N(C)C)CC(C2CCCCC2)=N3)c(F)c1F.Cc1ccc(C(=O)Nc2cc3c(cc2N(C)C)CC(C2CCCCC2)=N3)cc1.O=C(F)F. The van der Waals surface area contributed by atoms with Gasteiger partial charge < -0.3 is 30.7 Å². The molecule has 13 nitrogen and oxygen atoms in total. The van der Waals surface area contributed by atoms with Crippen LogP contribution in [0.4, 0.5) is 73.5 Å². The van der Waals surface area contributed by atoms with Crippen LogP contribution in [0.5, 0.6) is 0 Å². The van der Waals surface area contributed by atoms with E-state index in [9.17, 15) is 31.9 Å². The van der Waals surface area contributed by atoms with Crippen molar-refractivity contribution < 1.29 is 36.7 Å². The highest BCUT2D eigenvalue weighted by atomic mass is 19.3. The molecule has 468 valence electrons. The second-order valence-electron chi connectivity index (χ2n) is 24.9. The van der Waals surface area contributed by atoms with Gasteiger partial charge in [0.15, 0.2) is 11.6 Å². The molecule has 3 N–H and O–H groups in total. The predicted octanol–water partition coefficient (Wildman–Crippen LogP) is 17.6. The van der Waals surface area contributed by atoms with Crippen molar-refractivity contribution in [2.45, 2.75) is 129 Å². The van der Waals surface area contributed by atoms with Gasteiger partial charge in [0.2, 0.25) is 0 Å². The number of nitrogens with one attached hydrogen (secondary N) is 3. The minimum Gasteiger partial charge on any atom is -0.376 e. The minimum atomic E-state index is -2.83. The van der Waals surface area contributed by atoms with Crippen molar-refractivity contribution >= 4 is 92.3 Å². The molecular formula is C72H83F4N9O4. The number of fused-ring (bicyclic) bond motifs is 3. The van der Waals surface area contributed by atoms with Crippen molar-refractivity contribution in [1.82, 2.24) is 0 Å². The molecule has 0 saturated heterocycles. The molecule has 3 aliphatic carbocycles. The summed E-state index contributed by atoms with van der Waals surface area (Å²) in [5.74, 6) is -1.17. The van der Waals surface area contributed by atoms with Gasteiger partial charge in [-0.15, -0.1) is 8.78 Å². The Bertz CT molecular complexity index is 3650. The Hall–Kier alpha value is -8.47. The first-order valence-corrected chi connectivity index (χ1v) is 31.3. The molecule has 6 aromatic carbocycles. The van der Waals surface area contributed by atoms with Crippen LogP contribution >= 0.6 is 0 Å². The molecule has 3 fully saturated rings. The maximum absolute atomic E-state index is 14.3. The Morgan fingerprint density at radius 2 is 0.764 bits per heavy atom. The number of anilines is 6. The van der Waals surface area contributed by atoms with Crippen LogP contribution in [0.15, 0.2) is 118 Å². The number of halogens is 4. The van der Waals surface area contributed by atoms with Gasteiger partial charge in [-0.1, -0.05) is 99.7 Å². The van der Waals surface area contributed by atoms with E-state index in [0.29, 0.717) is 34.6 Å². The molecule has 0 spiro atoms. The summed E-state index contributed by atoms with van der Waals surface area (Å²) in [6, 6.07) is 32.1. The molecule has 0 aromatic heterocycles. The third-order valence-electron chi connectivity index (χ3n) is 17.8. The number of aryl methyl sites for hydroxylation is 2. The number of carbonyl (C=O) groups excluding carboxylic acids is 4. The van der Waals surface area contributed by atoms with Crippen LogP contribution in [0.2, 0.25) is 0 Å². The van der Waals surface area contributed by atoms with Crippen LogP contribution in [-0.2, 0) is 19.3 Å². The van der Waals surface area contributed by atoms with Gasteiger partial charge in [-0.2, -0.15) is 0 Å². The van der Waals surface area contributed by atoms with Crippen molar-refractivity contribution in [2.24, 2.45) is 32.7 Å². The van der Waals surface area contributed by atoms with Crippen LogP contribution in [0.25, 0.3) is 0 Å². The maximum atomic E-state index is 14.3. The van der Waals surface area contributed by atoms with E-state index in [-0.39, 0.29) is 22.9 Å². The summed E-state index contributed by atoms with van der Waals surface area (Å²) in [6.07, 6.45) is 19.2. The smallest absolute Gasteiger partial charge is 0.376 e. The Balaban J connectivity index is 0.000000154. The Morgan fingerprint density at radius 1 is 0.427 bits per heavy atom. The van der Waals surface area contributed by atoms with Crippen LogP contribution < -0.4 is 30.7 Å². The number of rotatable bonds is 12. The first kappa shape index (κ1) is 65.0. The molecule has 0 atom stereocenters. The lowest BCUT2D eigenvalue weighted by molar-refractivity contribution is 0.101. The van der Waals surface area contributed by atoms with E-state index in [1.807, 2.05) is 133 Å². The number of carbonyl (C=O) groups is 4. The Morgan fingerprint density at radius 3 is 1.11 bits per heavy atom. The first-order valence-electron chi connectivity index (χ1n) is 31.3. The van der Waals surface area contributed by atoms with E-state index < -0.39 is 23.8 Å². The number of amides is 3. The largest absolute Gasteiger partial charge is 0.483 e. The lowest BCUT2D eigenvalue weighted by atomic mass is 9.84. The van der Waals surface area contributed by atoms with Gasteiger partial charge in [-0.25, -0.2) is 13.6 Å². The summed E-state index contributed by atoms with van der Waals surface area (Å²) < 4.78 is 47.6. The molecule has 6 aromatic rings. The van der Waals surface area contributed by atoms with Gasteiger partial charge in [0.05, 0.1) is 56.7 Å². The van der Waals surface area contributed by atoms with Crippen LogP contribution in [-0.4, -0.2) is 83.4 Å². The fourth-order valence-electron chi connectivity index (χ4n) is 12.9. The molecule has 3 heterocycles. The third kappa shape index (κ3) is 16.4. The van der Waals surface area contributed by atoms with E-state index in [4.69, 9.17) is 19.8 Å². The van der Waals surface area contributed by atoms with Gasteiger partial charge in [-0.05, 0) is 159 Å². The van der Waals surface area contributed by atoms with Crippen molar-refractivity contribution in [1.29, 1.82) is 0 Å². The Kier molecular flexibility index (Phi) is 21.7. The summed E-state index contributed by atoms with van der Waals surface area (Å²) in [5.41, 5.74) is 17.9. The Labute approximate surface area is 521 Å². The maximum Gasteiger partial charge on any atom is 0.483 e. The second kappa shape index (κ2) is 29.7. The predicted molar refractivity (Wildman–Crippen MR) is 355 cm³/mol. The summed E-state index contributed by atoms with van der Waals surface area (Å²) in [4.78, 5) is 67.0. The minimum absolute atomic E-state index is 0.0856. The molecule has 6 aliphatic rings. The third-order valence-corrected chi connectivity index (χ3v) is 17.8. The second-order valence-corrected chi connectivity index (χ2v) is 24.9. The van der Waals surface area contributed by atoms with E-state index in [0.717, 1.165) is 75.9 Å². The van der Waals surface area contributed by atoms with E-state index in [2.05, 4.69) is 37.9 Å². The van der Waals surface area contributed by atoms with E-state index in [1.54, 1.807) is 0 Å². The first-order chi connectivity index (χ1) is 42.7. The van der Waals surface area contributed by atoms with Crippen molar-refractivity contribution in [3.05, 3.63) is 159 Å². The average molecular weight is 1210 g/mol. The fourth-order valence-corrected chi connectivity index (χ4v) is 12.9. The zero-order valence-corrected chi connectivity index (χ0v) is 52.6. The van der Waals surface area contributed by atoms with Gasteiger partial charge in [0, 0.05) is 89.8 Å². The van der Waals surface area contributed by atoms with Crippen molar-refractivity contribution in [2.75, 3.05) is 72.9 Å². The number of hydrogen-bond donors (Lipinski definition) is 3. The zero-order chi connectivity index (χ0) is 63.5. The van der Waals surface area contributed by atoms with Gasteiger partial charge >= 0.3 is 6.29 Å². The number of nitrogens with zero attached hydrogens (tertiary/aromatic N) is 6. The van der Waals surface area contributed by atoms with Crippen LogP contribution in [0.3, 0.4) is 0 Å². The molecule has 3 amide bonds. The zero-order valence-electron chi connectivity index (χ0n) is 52.6. The highest BCUT2D eigenvalue weighted by molar-refractivity contribution is 6.09. The molecule has 3 saturated carbocycles. The molecular weight excluding hydrogens is 1130 g/mol. The average Bonchev–Trinajstić information content (AvgIpc) is 1.98. The molecule has 17 heteroatoms. The topological polar surface area (TPSA) is 151 Å². The molecule has 0 bridgehead atoms. The lowest BCUT2D eigenvalue weighted by Gasteiger charge is -2.21. The standard InChI is InChI=1S/C24H27F2N3O.C24H29N3O.C23H27N3O.CF2O/c1-14-9-10-17(23(26)22(14)25)24(30)28-20-13-19-16(12-21(20)29(2)3)11-18(27-19)15-7-5-4-6-8-15;1-16-9-11-18(12-10-16)24(28)26-22-15-21-19(14-23(22)27(2)3)13-20(25-21)17-7-5-4-6-8-17;1-26(2)22-14-18-13-19(16-9-5-3-6-10-16)24-20(18)15-21(22)25-23(27)17-11-7-4-8-12-17;2-1(3)4/h9-10,12-13,15H,4-8,11H2,1-3H3,(H,28,30);9-12,14-15,17H,4-8,13H2,1-3H3,(H,26,28);4,7-8,11-12,14-16H,3,5-6,9-10,13H2,1-2H3,(H,25,27);. The summed E-state index contributed by atoms with van der Waals surface area (Å²) >= 11 is 0. The van der Waals surface area contributed by atoms with Gasteiger partial charge in [0.25, 0.3) is 17.7 Å². The summed E-state index contributed by atoms with van der Waals surface area (Å²) in [5, 5.41) is 8.95. The molecule has 0 radical (unpaired) electrons. The number of benzene rings is 6. The van der Waals surface area contributed by atoms with Crippen LogP contribution in [0.1, 0.15) is 155 Å². The number of aliphatic imine (C=N–C) groups is 3. The molecule has 0 unspecified atom stereocenters. The number of hydrogen-bond acceptors (Lipinski definition) is 10. The quantitative estimate of drug-likeness (QED) is 0.0815. The van der Waals surface area contributed by atoms with Crippen molar-refractivity contribution in [3.8, 4) is 0 Å². The van der Waals surface area contributed by atoms with Gasteiger partial charge in [0.1, 0.15) is 0 Å². The normalized spacial score (nSPS) is 16.0. The molecule has 12 rings (SSSR count). The van der Waals surface area contributed by atoms with E-state index >= 15 is 0 Å². The highest BCUT2D eigenvalue weighted by Gasteiger charge is 2.30. The highest BCUT2D eigenvalue weighted by Crippen LogP contribution is 2.43. The summed E-state index contributed by atoms with van der Waals surface area (Å²) in [7, 11) is 11.8. The fraction of sp³-hybridized carbons (Fsp3) is 0.403.